The number of hydrogen-bond donors (Lipinski definition) is 0. The fourth-order valence-corrected chi connectivity index (χ4v) is 1.30. The summed E-state index contributed by atoms with van der Waals surface area (Å²) in [5.41, 5.74) is 1.68. The molecule has 0 amide bonds. The lowest BCUT2D eigenvalue weighted by Crippen LogP contribution is -2.07. The average Bonchev–Trinajstić information content (AvgIpc) is 2.25. The number of nitrogens with zero attached hydrogens (tertiary/aromatic N) is 1. The molecule has 15 heavy (non-hydrogen) atoms. The Hall–Kier alpha value is -1.22. The van der Waals surface area contributed by atoms with Gasteiger partial charge in [0.05, 0.1) is 6.61 Å². The van der Waals surface area contributed by atoms with Crippen LogP contribution >= 0.6 is 0 Å². The fourth-order valence-electron chi connectivity index (χ4n) is 1.30. The molecule has 0 unspecified atom stereocenters. The van der Waals surface area contributed by atoms with Gasteiger partial charge in [-0.15, -0.1) is 0 Å². The van der Waals surface area contributed by atoms with E-state index in [2.05, 4.69) is 4.98 Å². The molecule has 1 rings (SSSR count). The van der Waals surface area contributed by atoms with Crippen molar-refractivity contribution in [2.24, 2.45) is 0 Å². The zero-order valence-electron chi connectivity index (χ0n) is 9.32. The van der Waals surface area contributed by atoms with E-state index in [0.29, 0.717) is 18.6 Å². The third-order valence-electron chi connectivity index (χ3n) is 2.16. The Labute approximate surface area is 90.5 Å². The van der Waals surface area contributed by atoms with Gasteiger partial charge in [0.15, 0.2) is 5.78 Å². The highest BCUT2D eigenvalue weighted by atomic mass is 16.5. The first kappa shape index (κ1) is 11.9. The lowest BCUT2D eigenvalue weighted by Gasteiger charge is -2.04. The van der Waals surface area contributed by atoms with Crippen molar-refractivity contribution in [1.82, 2.24) is 4.98 Å². The third kappa shape index (κ3) is 3.80. The van der Waals surface area contributed by atoms with Crippen molar-refractivity contribution >= 4 is 5.78 Å². The normalized spacial score (nSPS) is 10.3. The van der Waals surface area contributed by atoms with Crippen molar-refractivity contribution in [3.8, 4) is 0 Å². The van der Waals surface area contributed by atoms with Crippen molar-refractivity contribution in [3.63, 3.8) is 0 Å². The maximum Gasteiger partial charge on any atom is 0.166 e. The van der Waals surface area contributed by atoms with Gasteiger partial charge in [-0.3, -0.25) is 9.78 Å². The van der Waals surface area contributed by atoms with Crippen LogP contribution in [0.2, 0.25) is 0 Å². The second-order valence-electron chi connectivity index (χ2n) is 3.48. The van der Waals surface area contributed by atoms with Crippen LogP contribution in [0, 0.1) is 6.92 Å². The van der Waals surface area contributed by atoms with Crippen LogP contribution in [-0.2, 0) is 4.74 Å². The van der Waals surface area contributed by atoms with E-state index in [0.717, 1.165) is 18.6 Å². The summed E-state index contributed by atoms with van der Waals surface area (Å²) < 4.78 is 5.27. The van der Waals surface area contributed by atoms with E-state index in [1.165, 1.54) is 0 Å². The van der Waals surface area contributed by atoms with Gasteiger partial charge >= 0.3 is 0 Å². The van der Waals surface area contributed by atoms with Crippen LogP contribution in [0.25, 0.3) is 0 Å². The summed E-state index contributed by atoms with van der Waals surface area (Å²) in [5, 5.41) is 0. The minimum atomic E-state index is 0.108. The molecule has 82 valence electrons. The summed E-state index contributed by atoms with van der Waals surface area (Å²) >= 11 is 0. The number of pyridine rings is 1. The number of carbonyl (C=O) groups is 1. The maximum absolute atomic E-state index is 11.7. The van der Waals surface area contributed by atoms with Crippen LogP contribution < -0.4 is 0 Å². The predicted octanol–water partition coefficient (Wildman–Crippen LogP) is 2.39. The summed E-state index contributed by atoms with van der Waals surface area (Å²) in [6.45, 7) is 5.19. The average molecular weight is 207 g/mol. The van der Waals surface area contributed by atoms with Gasteiger partial charge in [0.1, 0.15) is 0 Å². The molecule has 0 aromatic carbocycles. The zero-order chi connectivity index (χ0) is 11.1. The van der Waals surface area contributed by atoms with E-state index in [4.69, 9.17) is 4.74 Å². The molecule has 0 aliphatic rings. The number of ether oxygens (including phenoxy) is 1. The Kier molecular flexibility index (Phi) is 4.98. The number of aryl methyl sites for hydroxylation is 1. The monoisotopic (exact) mass is 207 g/mol. The standard InChI is InChI=1S/C12H17NO2/c1-3-7-15-8-5-12(14)11-9-13-6-4-10(11)2/h4,6,9H,3,5,7-8H2,1-2H3. The van der Waals surface area contributed by atoms with Gasteiger partial charge in [0.25, 0.3) is 0 Å². The highest BCUT2D eigenvalue weighted by Gasteiger charge is 2.08. The molecule has 1 aromatic heterocycles. The summed E-state index contributed by atoms with van der Waals surface area (Å²) in [4.78, 5) is 15.7. The molecule has 0 saturated carbocycles. The molecule has 0 atom stereocenters. The van der Waals surface area contributed by atoms with E-state index < -0.39 is 0 Å². The van der Waals surface area contributed by atoms with Gasteiger partial charge in [0.2, 0.25) is 0 Å². The molecule has 3 nitrogen and oxygen atoms in total. The van der Waals surface area contributed by atoms with E-state index in [1.807, 2.05) is 19.9 Å². The predicted molar refractivity (Wildman–Crippen MR) is 59.0 cm³/mol. The van der Waals surface area contributed by atoms with Crippen molar-refractivity contribution in [2.75, 3.05) is 13.2 Å². The van der Waals surface area contributed by atoms with Crippen molar-refractivity contribution in [1.29, 1.82) is 0 Å². The second kappa shape index (κ2) is 6.30. The summed E-state index contributed by atoms with van der Waals surface area (Å²) in [6, 6.07) is 1.85. The number of aromatic nitrogens is 1. The smallest absolute Gasteiger partial charge is 0.166 e. The second-order valence-corrected chi connectivity index (χ2v) is 3.48. The molecule has 0 bridgehead atoms. The first-order valence-corrected chi connectivity index (χ1v) is 5.27. The van der Waals surface area contributed by atoms with Gasteiger partial charge in [-0.25, -0.2) is 0 Å². The summed E-state index contributed by atoms with van der Waals surface area (Å²) in [7, 11) is 0. The summed E-state index contributed by atoms with van der Waals surface area (Å²) in [6.07, 6.45) is 4.74. The molecule has 1 heterocycles. The van der Waals surface area contributed by atoms with E-state index in [9.17, 15) is 4.79 Å². The quantitative estimate of drug-likeness (QED) is 0.531. The van der Waals surface area contributed by atoms with E-state index >= 15 is 0 Å². The van der Waals surface area contributed by atoms with Crippen molar-refractivity contribution in [2.45, 2.75) is 26.7 Å². The third-order valence-corrected chi connectivity index (χ3v) is 2.16. The van der Waals surface area contributed by atoms with Gasteiger partial charge in [-0.05, 0) is 25.0 Å². The highest BCUT2D eigenvalue weighted by molar-refractivity contribution is 5.97. The number of carbonyl (C=O) groups excluding carboxylic acids is 1. The van der Waals surface area contributed by atoms with Crippen LogP contribution in [0.1, 0.15) is 35.7 Å². The maximum atomic E-state index is 11.7. The fraction of sp³-hybridized carbons (Fsp3) is 0.500. The Bertz CT molecular complexity index is 323. The molecular formula is C12H17NO2. The minimum Gasteiger partial charge on any atom is -0.381 e. The lowest BCUT2D eigenvalue weighted by atomic mass is 10.1. The Morgan fingerprint density at radius 3 is 2.93 bits per heavy atom. The summed E-state index contributed by atoms with van der Waals surface area (Å²) in [5.74, 6) is 0.108. The molecule has 0 fully saturated rings. The largest absolute Gasteiger partial charge is 0.381 e. The molecule has 0 spiro atoms. The van der Waals surface area contributed by atoms with Crippen LogP contribution in [0.4, 0.5) is 0 Å². The lowest BCUT2D eigenvalue weighted by molar-refractivity contribution is 0.0878. The first-order valence-electron chi connectivity index (χ1n) is 5.27. The highest BCUT2D eigenvalue weighted by Crippen LogP contribution is 2.08. The van der Waals surface area contributed by atoms with Crippen LogP contribution in [0.15, 0.2) is 18.5 Å². The molecule has 3 heteroatoms. The number of Topliss-reactive ketones (excluding diaryl/α,β-unsaturated/α-hetero) is 1. The van der Waals surface area contributed by atoms with Crippen LogP contribution in [-0.4, -0.2) is 24.0 Å². The van der Waals surface area contributed by atoms with Gasteiger partial charge in [-0.2, -0.15) is 0 Å². The number of hydrogen-bond acceptors (Lipinski definition) is 3. The topological polar surface area (TPSA) is 39.2 Å². The molecule has 0 radical (unpaired) electrons. The van der Waals surface area contributed by atoms with Crippen LogP contribution in [0.5, 0.6) is 0 Å². The molecule has 0 aliphatic carbocycles. The minimum absolute atomic E-state index is 0.108. The van der Waals surface area contributed by atoms with E-state index in [-0.39, 0.29) is 5.78 Å². The SMILES string of the molecule is CCCOCCC(=O)c1cnccc1C. The van der Waals surface area contributed by atoms with Gasteiger partial charge in [-0.1, -0.05) is 6.92 Å². The first-order chi connectivity index (χ1) is 7.25. The van der Waals surface area contributed by atoms with Crippen molar-refractivity contribution < 1.29 is 9.53 Å². The van der Waals surface area contributed by atoms with Gasteiger partial charge in [0, 0.05) is 31.0 Å². The molecule has 0 saturated heterocycles. The number of rotatable bonds is 6. The van der Waals surface area contributed by atoms with Crippen molar-refractivity contribution in [3.05, 3.63) is 29.6 Å². The zero-order valence-corrected chi connectivity index (χ0v) is 9.32. The Balaban J connectivity index is 2.44. The Morgan fingerprint density at radius 2 is 2.27 bits per heavy atom. The Morgan fingerprint density at radius 1 is 1.47 bits per heavy atom. The molecule has 0 aliphatic heterocycles. The van der Waals surface area contributed by atoms with Crippen LogP contribution in [0.3, 0.4) is 0 Å². The molecular weight excluding hydrogens is 190 g/mol. The number of ketones is 1. The molecule has 1 aromatic rings. The van der Waals surface area contributed by atoms with Gasteiger partial charge < -0.3 is 4.74 Å². The molecule has 0 N–H and O–H groups in total. The van der Waals surface area contributed by atoms with E-state index in [1.54, 1.807) is 12.4 Å².